The molecule has 0 radical (unpaired) electrons. The molecule has 0 aliphatic rings. The monoisotopic (exact) mass is 115 g/mol. The van der Waals surface area contributed by atoms with Crippen molar-refractivity contribution in [2.45, 2.75) is 19.9 Å². The number of hydrogen-bond acceptors (Lipinski definition) is 1. The lowest BCUT2D eigenvalue weighted by atomic mass is 10.4. The predicted molar refractivity (Wildman–Crippen MR) is 37.0 cm³/mol. The molecule has 0 aliphatic carbocycles. The minimum Gasteiger partial charge on any atom is -0.337 e. The van der Waals surface area contributed by atoms with E-state index in [1.165, 1.54) is 0 Å². The molecule has 0 aromatic rings. The van der Waals surface area contributed by atoms with Crippen LogP contribution in [0.1, 0.15) is 13.8 Å². The van der Waals surface area contributed by atoms with Gasteiger partial charge in [-0.05, 0) is 6.04 Å². The van der Waals surface area contributed by atoms with E-state index in [1.807, 2.05) is 5.70 Å². The van der Waals surface area contributed by atoms with E-state index in [4.69, 9.17) is 0 Å². The van der Waals surface area contributed by atoms with Gasteiger partial charge < -0.3 is 4.98 Å². The average molecular weight is 115 g/mol. The molecule has 0 heterocycles. The van der Waals surface area contributed by atoms with E-state index >= 15 is 0 Å². The van der Waals surface area contributed by atoms with Crippen molar-refractivity contribution in [1.29, 1.82) is 0 Å². The van der Waals surface area contributed by atoms with Crippen LogP contribution in [0.5, 0.6) is 0 Å². The Morgan fingerprint density at radius 1 is 1.71 bits per heavy atom. The molecule has 7 heavy (non-hydrogen) atoms. The average Bonchev–Trinajstić information content (AvgIpc) is 1.61. The highest BCUT2D eigenvalue weighted by Crippen LogP contribution is 1.70. The third kappa shape index (κ3) is 5.92. The Balaban J connectivity index is 2.81. The highest BCUT2D eigenvalue weighted by atomic mass is 28.2. The van der Waals surface area contributed by atoms with Gasteiger partial charge in [0.15, 0.2) is 0 Å². The van der Waals surface area contributed by atoms with E-state index in [-0.39, 0.29) is 9.68 Å². The smallest absolute Gasteiger partial charge is 0.116 e. The zero-order valence-electron chi connectivity index (χ0n) is 5.07. The highest BCUT2D eigenvalue weighted by molar-refractivity contribution is 6.38. The van der Waals surface area contributed by atoms with E-state index in [1.54, 1.807) is 0 Å². The molecule has 0 rings (SSSR count). The second kappa shape index (κ2) is 4.09. The summed E-state index contributed by atoms with van der Waals surface area (Å²) in [6, 6.07) is 0.643. The van der Waals surface area contributed by atoms with Crippen molar-refractivity contribution in [3.8, 4) is 0 Å². The minimum absolute atomic E-state index is 0.112. The molecule has 0 aliphatic heterocycles. The van der Waals surface area contributed by atoms with Crippen molar-refractivity contribution in [3.05, 3.63) is 12.3 Å². The maximum atomic E-state index is 3.63. The molecule has 0 aromatic heterocycles. The van der Waals surface area contributed by atoms with Gasteiger partial charge in [0.05, 0.1) is 0 Å². The minimum atomic E-state index is -0.112. The Bertz CT molecular complexity index is 52.0. The Kier molecular flexibility index (Phi) is 4.04. The second-order valence-electron chi connectivity index (χ2n) is 1.85. The maximum absolute atomic E-state index is 3.63. The van der Waals surface area contributed by atoms with Gasteiger partial charge >= 0.3 is 0 Å². The molecule has 0 fully saturated rings. The van der Waals surface area contributed by atoms with Gasteiger partial charge in [0, 0.05) is 0 Å². The lowest BCUT2D eigenvalue weighted by Gasteiger charge is -2.01. The first-order chi connectivity index (χ1) is 3.27. The fourth-order valence-electron chi connectivity index (χ4n) is 0.319. The molecule has 1 nitrogen and oxygen atoms in total. The third-order valence-corrected chi connectivity index (χ3v) is 2.01. The van der Waals surface area contributed by atoms with Crippen molar-refractivity contribution in [2.24, 2.45) is 0 Å². The lowest BCUT2D eigenvalue weighted by Crippen LogP contribution is -2.25. The highest BCUT2D eigenvalue weighted by Gasteiger charge is 1.84. The van der Waals surface area contributed by atoms with E-state index in [9.17, 15) is 0 Å². The Labute approximate surface area is 47.7 Å². The van der Waals surface area contributed by atoms with Gasteiger partial charge in [-0.15, -0.1) is 6.58 Å². The van der Waals surface area contributed by atoms with Crippen LogP contribution in [0.3, 0.4) is 0 Å². The van der Waals surface area contributed by atoms with Crippen LogP contribution in [0.25, 0.3) is 0 Å². The second-order valence-corrected chi connectivity index (χ2v) is 3.25. The molecular formula is C5H13NSi. The van der Waals surface area contributed by atoms with Crippen LogP contribution in [-0.2, 0) is 0 Å². The van der Waals surface area contributed by atoms with Gasteiger partial charge in [-0.2, -0.15) is 0 Å². The quantitative estimate of drug-likeness (QED) is 0.519. The van der Waals surface area contributed by atoms with Gasteiger partial charge in [0.1, 0.15) is 9.68 Å². The zero-order valence-corrected chi connectivity index (χ0v) is 6.48. The van der Waals surface area contributed by atoms with Crippen LogP contribution in [0.4, 0.5) is 0 Å². The molecule has 0 spiro atoms. The first-order valence-electron chi connectivity index (χ1n) is 2.61. The standard InChI is InChI=1S/C5H13NSi/c1-4-7-6-5(2)3/h4-6H,1,7H2,2-3H3. The summed E-state index contributed by atoms with van der Waals surface area (Å²) >= 11 is 0. The molecule has 42 valence electrons. The van der Waals surface area contributed by atoms with E-state index in [0.717, 1.165) is 0 Å². The maximum Gasteiger partial charge on any atom is 0.116 e. The topological polar surface area (TPSA) is 12.0 Å². The van der Waals surface area contributed by atoms with Crippen LogP contribution in [0, 0.1) is 0 Å². The van der Waals surface area contributed by atoms with Crippen LogP contribution in [-0.4, -0.2) is 15.7 Å². The van der Waals surface area contributed by atoms with Crippen molar-refractivity contribution >= 4 is 9.68 Å². The molecule has 2 heteroatoms. The zero-order chi connectivity index (χ0) is 5.70. The fourth-order valence-corrected chi connectivity index (χ4v) is 0.957. The van der Waals surface area contributed by atoms with Crippen molar-refractivity contribution in [2.75, 3.05) is 0 Å². The normalized spacial score (nSPS) is 11.3. The van der Waals surface area contributed by atoms with Gasteiger partial charge in [0.2, 0.25) is 0 Å². The summed E-state index contributed by atoms with van der Waals surface area (Å²) in [5.41, 5.74) is 2.00. The third-order valence-electron chi connectivity index (χ3n) is 0.670. The van der Waals surface area contributed by atoms with Crippen LogP contribution >= 0.6 is 0 Å². The summed E-state index contributed by atoms with van der Waals surface area (Å²) in [6.45, 7) is 7.93. The number of hydrogen-bond donors (Lipinski definition) is 1. The van der Waals surface area contributed by atoms with Gasteiger partial charge in [-0.25, -0.2) is 0 Å². The first-order valence-corrected chi connectivity index (χ1v) is 4.14. The lowest BCUT2D eigenvalue weighted by molar-refractivity contribution is 0.756. The van der Waals surface area contributed by atoms with Crippen molar-refractivity contribution < 1.29 is 0 Å². The fraction of sp³-hybridized carbons (Fsp3) is 0.600. The first kappa shape index (κ1) is 6.92. The largest absolute Gasteiger partial charge is 0.337 e. The molecule has 0 unspecified atom stereocenters. The summed E-state index contributed by atoms with van der Waals surface area (Å²) in [5, 5.41) is 0. The van der Waals surface area contributed by atoms with Crippen LogP contribution in [0.15, 0.2) is 12.3 Å². The molecule has 0 aromatic carbocycles. The molecular weight excluding hydrogens is 102 g/mol. The van der Waals surface area contributed by atoms with E-state index in [2.05, 4.69) is 25.4 Å². The summed E-state index contributed by atoms with van der Waals surface area (Å²) < 4.78 is 0. The molecule has 0 bridgehead atoms. The molecule has 0 saturated heterocycles. The van der Waals surface area contributed by atoms with E-state index in [0.29, 0.717) is 6.04 Å². The van der Waals surface area contributed by atoms with Crippen LogP contribution < -0.4 is 4.98 Å². The van der Waals surface area contributed by atoms with Crippen molar-refractivity contribution in [3.63, 3.8) is 0 Å². The number of rotatable bonds is 3. The van der Waals surface area contributed by atoms with Crippen LogP contribution in [0.2, 0.25) is 0 Å². The summed E-state index contributed by atoms with van der Waals surface area (Å²) in [4.78, 5) is 3.32. The molecule has 0 amide bonds. The Morgan fingerprint density at radius 3 is 2.43 bits per heavy atom. The van der Waals surface area contributed by atoms with Crippen molar-refractivity contribution in [1.82, 2.24) is 4.98 Å². The predicted octanol–water partition coefficient (Wildman–Crippen LogP) is 0.212. The number of nitrogens with one attached hydrogen (secondary N) is 1. The van der Waals surface area contributed by atoms with Gasteiger partial charge in [0.25, 0.3) is 0 Å². The van der Waals surface area contributed by atoms with Gasteiger partial charge in [-0.1, -0.05) is 19.5 Å². The Morgan fingerprint density at radius 2 is 2.29 bits per heavy atom. The SMILES string of the molecule is C=C[SiH2]NC(C)C. The van der Waals surface area contributed by atoms with Gasteiger partial charge in [-0.3, -0.25) is 0 Å². The van der Waals surface area contributed by atoms with E-state index < -0.39 is 0 Å². The molecule has 0 atom stereocenters. The summed E-state index contributed by atoms with van der Waals surface area (Å²) in [5.74, 6) is 0. The summed E-state index contributed by atoms with van der Waals surface area (Å²) in [7, 11) is -0.112. The summed E-state index contributed by atoms with van der Waals surface area (Å²) in [6.07, 6.45) is 0. The molecule has 0 saturated carbocycles. The molecule has 1 N–H and O–H groups in total. The Hall–Kier alpha value is -0.0831.